The summed E-state index contributed by atoms with van der Waals surface area (Å²) in [5.74, 6) is 0.322. The van der Waals surface area contributed by atoms with Crippen molar-refractivity contribution in [3.8, 4) is 6.07 Å². The van der Waals surface area contributed by atoms with Gasteiger partial charge in [-0.05, 0) is 49.3 Å². The van der Waals surface area contributed by atoms with Crippen molar-refractivity contribution < 1.29 is 0 Å². The largest absolute Gasteiger partial charge is 0.309 e. The summed E-state index contributed by atoms with van der Waals surface area (Å²) < 4.78 is 0. The summed E-state index contributed by atoms with van der Waals surface area (Å²) in [6.45, 7) is 5.30. The summed E-state index contributed by atoms with van der Waals surface area (Å²) >= 11 is 0. The zero-order valence-corrected chi connectivity index (χ0v) is 14.1. The molecule has 0 N–H and O–H groups in total. The average molecular weight is 294 g/mol. The van der Waals surface area contributed by atoms with E-state index in [1.165, 1.54) is 16.3 Å². The van der Waals surface area contributed by atoms with Gasteiger partial charge in [0.15, 0.2) is 0 Å². The van der Waals surface area contributed by atoms with Gasteiger partial charge in [0.1, 0.15) is 0 Å². The molecule has 2 atom stereocenters. The molecule has 0 aliphatic heterocycles. The van der Waals surface area contributed by atoms with Crippen LogP contribution in [-0.4, -0.2) is 25.5 Å². The van der Waals surface area contributed by atoms with E-state index in [4.69, 9.17) is 0 Å². The fourth-order valence-electron chi connectivity index (χ4n) is 3.24. The lowest BCUT2D eigenvalue weighted by molar-refractivity contribution is 0.286. The number of fused-ring (bicyclic) bond motifs is 1. The predicted octanol–water partition coefficient (Wildman–Crippen LogP) is 4.60. The molecule has 0 spiro atoms. The molecule has 22 heavy (non-hydrogen) atoms. The standard InChI is InChI=1S/C20H26N2/c1-5-16(2)20(15-21,13-14-22(3)4)19-12-8-10-17-9-6-7-11-18(17)19/h6-12,16H,5,13-14H2,1-4H3/t16-,20+/m1/s1. The van der Waals surface area contributed by atoms with Gasteiger partial charge in [0.05, 0.1) is 11.5 Å². The van der Waals surface area contributed by atoms with Crippen LogP contribution in [0.3, 0.4) is 0 Å². The highest BCUT2D eigenvalue weighted by Gasteiger charge is 2.38. The van der Waals surface area contributed by atoms with Crippen molar-refractivity contribution >= 4 is 10.8 Å². The van der Waals surface area contributed by atoms with Gasteiger partial charge in [0.25, 0.3) is 0 Å². The van der Waals surface area contributed by atoms with Gasteiger partial charge >= 0.3 is 0 Å². The van der Waals surface area contributed by atoms with Crippen LogP contribution in [0, 0.1) is 17.2 Å². The summed E-state index contributed by atoms with van der Waals surface area (Å²) in [6, 6.07) is 17.5. The first kappa shape index (κ1) is 16.5. The zero-order chi connectivity index (χ0) is 16.2. The van der Waals surface area contributed by atoms with Crippen LogP contribution in [0.4, 0.5) is 0 Å². The van der Waals surface area contributed by atoms with E-state index in [-0.39, 0.29) is 0 Å². The molecule has 0 fully saturated rings. The van der Waals surface area contributed by atoms with E-state index in [0.29, 0.717) is 5.92 Å². The van der Waals surface area contributed by atoms with Gasteiger partial charge in [-0.2, -0.15) is 5.26 Å². The van der Waals surface area contributed by atoms with Crippen molar-refractivity contribution in [2.24, 2.45) is 5.92 Å². The van der Waals surface area contributed by atoms with Crippen molar-refractivity contribution in [3.63, 3.8) is 0 Å². The molecule has 0 saturated heterocycles. The smallest absolute Gasteiger partial charge is 0.0865 e. The van der Waals surface area contributed by atoms with Crippen LogP contribution >= 0.6 is 0 Å². The van der Waals surface area contributed by atoms with E-state index in [1.807, 2.05) is 0 Å². The van der Waals surface area contributed by atoms with Crippen molar-refractivity contribution in [1.29, 1.82) is 5.26 Å². The summed E-state index contributed by atoms with van der Waals surface area (Å²) in [4.78, 5) is 2.17. The highest BCUT2D eigenvalue weighted by molar-refractivity contribution is 5.87. The van der Waals surface area contributed by atoms with E-state index in [9.17, 15) is 5.26 Å². The second-order valence-electron chi connectivity index (χ2n) is 6.47. The maximum atomic E-state index is 10.1. The molecule has 116 valence electrons. The van der Waals surface area contributed by atoms with Crippen molar-refractivity contribution in [1.82, 2.24) is 4.90 Å². The fourth-order valence-corrected chi connectivity index (χ4v) is 3.24. The maximum absolute atomic E-state index is 10.1. The molecule has 0 aliphatic carbocycles. The van der Waals surface area contributed by atoms with E-state index >= 15 is 0 Å². The maximum Gasteiger partial charge on any atom is 0.0865 e. The second-order valence-corrected chi connectivity index (χ2v) is 6.47. The molecule has 2 aromatic rings. The van der Waals surface area contributed by atoms with Gasteiger partial charge in [-0.15, -0.1) is 0 Å². The molecule has 0 amide bonds. The third-order valence-corrected chi connectivity index (χ3v) is 4.88. The van der Waals surface area contributed by atoms with Crippen LogP contribution in [0.5, 0.6) is 0 Å². The molecule has 2 nitrogen and oxygen atoms in total. The first-order chi connectivity index (χ1) is 10.5. The number of hydrogen-bond acceptors (Lipinski definition) is 2. The van der Waals surface area contributed by atoms with Crippen molar-refractivity contribution in [2.45, 2.75) is 32.1 Å². The highest BCUT2D eigenvalue weighted by atomic mass is 15.0. The molecule has 2 rings (SSSR count). The van der Waals surface area contributed by atoms with Crippen molar-refractivity contribution in [2.75, 3.05) is 20.6 Å². The van der Waals surface area contributed by atoms with E-state index in [0.717, 1.165) is 19.4 Å². The Hall–Kier alpha value is -1.85. The van der Waals surface area contributed by atoms with Crippen LogP contribution in [-0.2, 0) is 5.41 Å². The number of hydrogen-bond donors (Lipinski definition) is 0. The molecular formula is C20H26N2. The van der Waals surface area contributed by atoms with E-state index < -0.39 is 5.41 Å². The molecule has 0 bridgehead atoms. The van der Waals surface area contributed by atoms with Crippen LogP contribution < -0.4 is 0 Å². The third kappa shape index (κ3) is 3.00. The topological polar surface area (TPSA) is 27.0 Å². The van der Waals surface area contributed by atoms with Crippen LogP contribution in [0.2, 0.25) is 0 Å². The average Bonchev–Trinajstić information content (AvgIpc) is 2.55. The quantitative estimate of drug-likeness (QED) is 0.778. The molecule has 0 aromatic heterocycles. The molecule has 0 radical (unpaired) electrons. The SMILES string of the molecule is CC[C@@H](C)[C@@](C#N)(CCN(C)C)c1cccc2ccccc12. The zero-order valence-electron chi connectivity index (χ0n) is 14.1. The Morgan fingerprint density at radius 3 is 2.45 bits per heavy atom. The number of nitrogens with zero attached hydrogens (tertiary/aromatic N) is 2. The minimum absolute atomic E-state index is 0.322. The molecule has 2 heteroatoms. The Balaban J connectivity index is 2.63. The van der Waals surface area contributed by atoms with E-state index in [2.05, 4.69) is 81.4 Å². The Kier molecular flexibility index (Phi) is 5.21. The van der Waals surface area contributed by atoms with Gasteiger partial charge in [-0.25, -0.2) is 0 Å². The molecule has 2 aromatic carbocycles. The van der Waals surface area contributed by atoms with Gasteiger partial charge < -0.3 is 4.90 Å². The highest BCUT2D eigenvalue weighted by Crippen LogP contribution is 2.40. The first-order valence-electron chi connectivity index (χ1n) is 8.09. The lowest BCUT2D eigenvalue weighted by Gasteiger charge is -2.35. The lowest BCUT2D eigenvalue weighted by Crippen LogP contribution is -2.35. The van der Waals surface area contributed by atoms with Gasteiger partial charge in [0, 0.05) is 0 Å². The van der Waals surface area contributed by atoms with Crippen LogP contribution in [0.1, 0.15) is 32.3 Å². The summed E-state index contributed by atoms with van der Waals surface area (Å²) in [5.41, 5.74) is 0.754. The Morgan fingerprint density at radius 2 is 1.82 bits per heavy atom. The second kappa shape index (κ2) is 6.94. The van der Waals surface area contributed by atoms with Gasteiger partial charge in [0.2, 0.25) is 0 Å². The van der Waals surface area contributed by atoms with E-state index in [1.54, 1.807) is 0 Å². The molecule has 0 unspecified atom stereocenters. The summed E-state index contributed by atoms with van der Waals surface area (Å²) in [7, 11) is 4.14. The summed E-state index contributed by atoms with van der Waals surface area (Å²) in [5, 5.41) is 12.6. The number of nitriles is 1. The Labute approximate surface area is 134 Å². The van der Waals surface area contributed by atoms with Gasteiger partial charge in [-0.1, -0.05) is 62.7 Å². The van der Waals surface area contributed by atoms with Gasteiger partial charge in [-0.3, -0.25) is 0 Å². The lowest BCUT2D eigenvalue weighted by atomic mass is 9.67. The van der Waals surface area contributed by atoms with Crippen molar-refractivity contribution in [3.05, 3.63) is 48.0 Å². The molecular weight excluding hydrogens is 268 g/mol. The van der Waals surface area contributed by atoms with Crippen LogP contribution in [0.25, 0.3) is 10.8 Å². The monoisotopic (exact) mass is 294 g/mol. The fraction of sp³-hybridized carbons (Fsp3) is 0.450. The molecule has 0 heterocycles. The molecule has 0 saturated carbocycles. The normalized spacial score (nSPS) is 15.5. The van der Waals surface area contributed by atoms with Crippen LogP contribution in [0.15, 0.2) is 42.5 Å². The molecule has 0 aliphatic rings. The summed E-state index contributed by atoms with van der Waals surface area (Å²) in [6.07, 6.45) is 1.86. The predicted molar refractivity (Wildman–Crippen MR) is 93.9 cm³/mol. The first-order valence-corrected chi connectivity index (χ1v) is 8.09. The minimum atomic E-state index is -0.431. The minimum Gasteiger partial charge on any atom is -0.309 e. The third-order valence-electron chi connectivity index (χ3n) is 4.88. The number of rotatable bonds is 6. The Morgan fingerprint density at radius 1 is 1.14 bits per heavy atom. The number of benzene rings is 2. The Bertz CT molecular complexity index is 663.